The molecular weight excluding hydrogens is 425 g/mol. The van der Waals surface area contributed by atoms with E-state index < -0.39 is 18.5 Å². The van der Waals surface area contributed by atoms with Crippen LogP contribution in [0, 0.1) is 5.82 Å². The quantitative estimate of drug-likeness (QED) is 0.256. The Morgan fingerprint density at radius 1 is 0.727 bits per heavy atom. The molecule has 0 bridgehead atoms. The molecule has 0 spiro atoms. The van der Waals surface area contributed by atoms with Crippen molar-refractivity contribution < 1.29 is 22.6 Å². The predicted octanol–water partition coefficient (Wildman–Crippen LogP) is 8.23. The summed E-state index contributed by atoms with van der Waals surface area (Å²) in [4.78, 5) is 0. The maximum absolute atomic E-state index is 14.2. The van der Waals surface area contributed by atoms with Gasteiger partial charge in [0, 0.05) is 6.07 Å². The summed E-state index contributed by atoms with van der Waals surface area (Å²) < 4.78 is 52.3. The summed E-state index contributed by atoms with van der Waals surface area (Å²) >= 11 is 0. The van der Waals surface area contributed by atoms with Crippen molar-refractivity contribution in [3.8, 4) is 22.6 Å². The van der Waals surface area contributed by atoms with E-state index in [1.807, 2.05) is 19.1 Å². The van der Waals surface area contributed by atoms with Gasteiger partial charge in [0.05, 0.1) is 0 Å². The number of benzene rings is 3. The first-order valence-electron chi connectivity index (χ1n) is 11.6. The van der Waals surface area contributed by atoms with Crippen LogP contribution in [0.4, 0.5) is 13.2 Å². The molecule has 3 rings (SSSR count). The van der Waals surface area contributed by atoms with Crippen molar-refractivity contribution in [2.45, 2.75) is 58.5 Å². The van der Waals surface area contributed by atoms with Crippen LogP contribution in [0.2, 0.25) is 0 Å². The van der Waals surface area contributed by atoms with E-state index in [9.17, 15) is 13.2 Å². The van der Waals surface area contributed by atoms with Crippen LogP contribution in [-0.2, 0) is 12.8 Å². The van der Waals surface area contributed by atoms with Gasteiger partial charge in [-0.1, -0.05) is 75.6 Å². The van der Waals surface area contributed by atoms with E-state index in [1.165, 1.54) is 37.0 Å². The zero-order valence-electron chi connectivity index (χ0n) is 19.3. The minimum Gasteiger partial charge on any atom is -0.483 e. The molecular formula is C28H31F3O2. The summed E-state index contributed by atoms with van der Waals surface area (Å²) in [5.41, 5.74) is 3.83. The van der Waals surface area contributed by atoms with Crippen LogP contribution in [0.3, 0.4) is 0 Å². The van der Waals surface area contributed by atoms with Crippen molar-refractivity contribution in [3.05, 3.63) is 83.7 Å². The highest BCUT2D eigenvalue weighted by Crippen LogP contribution is 2.27. The predicted molar refractivity (Wildman–Crippen MR) is 127 cm³/mol. The van der Waals surface area contributed by atoms with E-state index in [2.05, 4.69) is 35.9 Å². The summed E-state index contributed by atoms with van der Waals surface area (Å²) in [6, 6.07) is 19.2. The smallest absolute Gasteiger partial charge is 0.432 e. The number of alkyl halides is 2. The minimum absolute atomic E-state index is 0.227. The number of hydrogen-bond acceptors (Lipinski definition) is 2. The molecule has 0 saturated carbocycles. The molecule has 0 radical (unpaired) electrons. The average molecular weight is 457 g/mol. The number of ether oxygens (including phenoxy) is 2. The van der Waals surface area contributed by atoms with Crippen LogP contribution >= 0.6 is 0 Å². The number of aryl methyl sites for hydroxylation is 2. The fourth-order valence-electron chi connectivity index (χ4n) is 3.62. The molecule has 0 N–H and O–H groups in total. The van der Waals surface area contributed by atoms with Gasteiger partial charge in [0.2, 0.25) is 0 Å². The van der Waals surface area contributed by atoms with Crippen LogP contribution in [0.5, 0.6) is 11.5 Å². The third-order valence-corrected chi connectivity index (χ3v) is 5.43. The molecule has 0 saturated heterocycles. The Morgan fingerprint density at radius 2 is 1.36 bits per heavy atom. The molecule has 5 heteroatoms. The third-order valence-electron chi connectivity index (χ3n) is 5.43. The van der Waals surface area contributed by atoms with E-state index in [0.717, 1.165) is 30.0 Å². The molecule has 3 aromatic rings. The fraction of sp³-hybridized carbons (Fsp3) is 0.357. The molecule has 176 valence electrons. The van der Waals surface area contributed by atoms with Gasteiger partial charge in [-0.2, -0.15) is 8.78 Å². The lowest BCUT2D eigenvalue weighted by atomic mass is 10.0. The van der Waals surface area contributed by atoms with Crippen LogP contribution in [0.1, 0.15) is 50.7 Å². The third kappa shape index (κ3) is 7.55. The molecule has 0 aliphatic rings. The number of unbranched alkanes of at least 4 members (excludes halogenated alkanes) is 2. The van der Waals surface area contributed by atoms with Crippen LogP contribution < -0.4 is 9.47 Å². The molecule has 2 nitrogen and oxygen atoms in total. The molecule has 0 fully saturated rings. The van der Waals surface area contributed by atoms with Gasteiger partial charge in [-0.15, -0.1) is 0 Å². The maximum atomic E-state index is 14.2. The molecule has 0 atom stereocenters. The monoisotopic (exact) mass is 456 g/mol. The van der Waals surface area contributed by atoms with Crippen molar-refractivity contribution in [1.29, 1.82) is 0 Å². The van der Waals surface area contributed by atoms with Gasteiger partial charge in [-0.25, -0.2) is 4.39 Å². The van der Waals surface area contributed by atoms with E-state index in [-0.39, 0.29) is 5.75 Å². The zero-order chi connectivity index (χ0) is 23.7. The summed E-state index contributed by atoms with van der Waals surface area (Å²) in [6.45, 7) is 3.14. The van der Waals surface area contributed by atoms with Crippen molar-refractivity contribution in [3.63, 3.8) is 0 Å². The fourth-order valence-corrected chi connectivity index (χ4v) is 3.62. The van der Waals surface area contributed by atoms with E-state index in [0.29, 0.717) is 17.7 Å². The second kappa shape index (κ2) is 11.8. The molecule has 0 aromatic heterocycles. The summed E-state index contributed by atoms with van der Waals surface area (Å²) in [5, 5.41) is 0. The van der Waals surface area contributed by atoms with Gasteiger partial charge in [0.1, 0.15) is 17.3 Å². The maximum Gasteiger partial charge on any atom is 0.432 e. The van der Waals surface area contributed by atoms with Crippen molar-refractivity contribution in [2.24, 2.45) is 0 Å². The first kappa shape index (κ1) is 24.7. The second-order valence-corrected chi connectivity index (χ2v) is 8.21. The Morgan fingerprint density at radius 3 is 1.97 bits per heavy atom. The summed E-state index contributed by atoms with van der Waals surface area (Å²) in [5.74, 6) is -0.465. The number of rotatable bonds is 12. The number of halogens is 3. The molecule has 0 heterocycles. The molecule has 0 amide bonds. The Labute approximate surface area is 194 Å². The van der Waals surface area contributed by atoms with Crippen molar-refractivity contribution >= 4 is 0 Å². The Kier molecular flexibility index (Phi) is 8.81. The van der Waals surface area contributed by atoms with Gasteiger partial charge in [-0.3, -0.25) is 0 Å². The Hall–Kier alpha value is -2.95. The highest BCUT2D eigenvalue weighted by Gasteiger charge is 2.33. The highest BCUT2D eigenvalue weighted by atomic mass is 19.3. The van der Waals surface area contributed by atoms with E-state index in [4.69, 9.17) is 4.74 Å². The lowest BCUT2D eigenvalue weighted by Gasteiger charge is -2.19. The minimum atomic E-state index is -3.59. The largest absolute Gasteiger partial charge is 0.483 e. The van der Waals surface area contributed by atoms with Crippen LogP contribution in [0.25, 0.3) is 11.1 Å². The summed E-state index contributed by atoms with van der Waals surface area (Å²) in [6.07, 6.45) is 2.42. The second-order valence-electron chi connectivity index (χ2n) is 8.21. The van der Waals surface area contributed by atoms with Gasteiger partial charge in [0.15, 0.2) is 6.61 Å². The van der Waals surface area contributed by atoms with Crippen LogP contribution in [-0.4, -0.2) is 12.7 Å². The molecule has 0 unspecified atom stereocenters. The standard InChI is InChI=1S/C28H31F3O2/c1-3-5-6-8-21-9-11-22(12-10-21)23-13-16-25(17-14-23)32-20-28(30,31)33-26-18-15-24(7-4-2)27(29)19-26/h9-19H,3-8,20H2,1-2H3. The van der Waals surface area contributed by atoms with Gasteiger partial charge < -0.3 is 9.47 Å². The molecule has 3 aromatic carbocycles. The highest BCUT2D eigenvalue weighted by molar-refractivity contribution is 5.64. The van der Waals surface area contributed by atoms with Crippen molar-refractivity contribution in [2.75, 3.05) is 6.61 Å². The molecule has 0 aliphatic carbocycles. The van der Waals surface area contributed by atoms with Crippen molar-refractivity contribution in [1.82, 2.24) is 0 Å². The molecule has 0 aliphatic heterocycles. The zero-order valence-corrected chi connectivity index (χ0v) is 19.3. The van der Waals surface area contributed by atoms with Gasteiger partial charge in [0.25, 0.3) is 0 Å². The van der Waals surface area contributed by atoms with E-state index >= 15 is 0 Å². The Balaban J connectivity index is 1.54. The van der Waals surface area contributed by atoms with Gasteiger partial charge >= 0.3 is 6.11 Å². The first-order chi connectivity index (χ1) is 15.9. The lowest BCUT2D eigenvalue weighted by molar-refractivity contribution is -0.195. The Bertz CT molecular complexity index is 999. The SMILES string of the molecule is CCCCCc1ccc(-c2ccc(OCC(F)(F)Oc3ccc(CCC)c(F)c3)cc2)cc1. The number of hydrogen-bond donors (Lipinski definition) is 0. The normalized spacial score (nSPS) is 11.4. The van der Waals surface area contributed by atoms with Gasteiger partial charge in [-0.05, 0) is 59.7 Å². The first-order valence-corrected chi connectivity index (χ1v) is 11.6. The lowest BCUT2D eigenvalue weighted by Crippen LogP contribution is -2.32. The molecule has 33 heavy (non-hydrogen) atoms. The average Bonchev–Trinajstić information content (AvgIpc) is 2.80. The summed E-state index contributed by atoms with van der Waals surface area (Å²) in [7, 11) is 0. The van der Waals surface area contributed by atoms with Crippen LogP contribution in [0.15, 0.2) is 66.7 Å². The van der Waals surface area contributed by atoms with E-state index in [1.54, 1.807) is 12.1 Å². The topological polar surface area (TPSA) is 18.5 Å².